The summed E-state index contributed by atoms with van der Waals surface area (Å²) in [7, 11) is 0. The maximum Gasteiger partial charge on any atom is 0.164 e. The molecule has 2 aromatic heterocycles. The van der Waals surface area contributed by atoms with Gasteiger partial charge >= 0.3 is 0 Å². The normalized spacial score (nSPS) is 11.5. The van der Waals surface area contributed by atoms with Crippen molar-refractivity contribution in [2.45, 2.75) is 26.2 Å². The third-order valence-electron chi connectivity index (χ3n) is 14.8. The van der Waals surface area contributed by atoms with Gasteiger partial charge in [0.2, 0.25) is 0 Å². The summed E-state index contributed by atoms with van der Waals surface area (Å²) in [5, 5.41) is 2.47. The lowest BCUT2D eigenvalue weighted by Crippen LogP contribution is -2.15. The van der Waals surface area contributed by atoms with Crippen molar-refractivity contribution in [3.8, 4) is 84.4 Å². The molecule has 0 atom stereocenters. The number of hydrogen-bond donors (Lipinski definition) is 0. The quantitative estimate of drug-likeness (QED) is 0.130. The number of rotatable bonds is 11. The maximum atomic E-state index is 5.40. The van der Waals surface area contributed by atoms with Gasteiger partial charge in [0, 0.05) is 55.7 Å². The average molecular weight is 1000 g/mol. The molecule has 372 valence electrons. The molecule has 0 spiro atoms. The van der Waals surface area contributed by atoms with Crippen LogP contribution in [0.25, 0.3) is 106 Å². The molecule has 0 saturated carbocycles. The van der Waals surface area contributed by atoms with E-state index in [-0.39, 0.29) is 5.41 Å². The lowest BCUT2D eigenvalue weighted by atomic mass is 9.87. The molecule has 0 aliphatic carbocycles. The van der Waals surface area contributed by atoms with Crippen LogP contribution in [0.4, 0.5) is 17.1 Å². The molecule has 0 amide bonds. The first-order valence-electron chi connectivity index (χ1n) is 26.7. The summed E-state index contributed by atoms with van der Waals surface area (Å²) in [5.41, 5.74) is 19.2. The van der Waals surface area contributed by atoms with Gasteiger partial charge in [0.1, 0.15) is 0 Å². The van der Waals surface area contributed by atoms with E-state index in [1.165, 1.54) is 27.4 Å². The van der Waals surface area contributed by atoms with Crippen LogP contribution in [0.5, 0.6) is 0 Å². The summed E-state index contributed by atoms with van der Waals surface area (Å²) in [5.74, 6) is 1.77. The summed E-state index contributed by atoms with van der Waals surface area (Å²) in [4.78, 5) is 18.5. The molecule has 78 heavy (non-hydrogen) atoms. The second-order valence-electron chi connectivity index (χ2n) is 20.9. The van der Waals surface area contributed by atoms with Gasteiger partial charge in [-0.3, -0.25) is 0 Å². The van der Waals surface area contributed by atoms with Crippen molar-refractivity contribution < 1.29 is 0 Å². The van der Waals surface area contributed by atoms with Gasteiger partial charge in [-0.05, 0) is 105 Å². The van der Waals surface area contributed by atoms with E-state index in [1.807, 2.05) is 12.1 Å². The van der Waals surface area contributed by atoms with Crippen molar-refractivity contribution in [1.29, 1.82) is 0 Å². The Kier molecular flexibility index (Phi) is 12.4. The summed E-state index contributed by atoms with van der Waals surface area (Å²) in [6.45, 7) is 6.80. The van der Waals surface area contributed by atoms with Gasteiger partial charge in [-0.1, -0.05) is 239 Å². The van der Waals surface area contributed by atoms with Crippen molar-refractivity contribution in [1.82, 2.24) is 19.5 Å². The Morgan fingerprint density at radius 2 is 0.641 bits per heavy atom. The maximum absolute atomic E-state index is 5.40. The fraction of sp³-hybridized carbons (Fsp3) is 0.0548. The molecule has 2 heterocycles. The smallest absolute Gasteiger partial charge is 0.164 e. The number of para-hydroxylation sites is 2. The van der Waals surface area contributed by atoms with Crippen LogP contribution in [0.15, 0.2) is 279 Å². The highest BCUT2D eigenvalue weighted by Gasteiger charge is 2.26. The van der Waals surface area contributed by atoms with Crippen LogP contribution in [-0.2, 0) is 5.41 Å². The molecule has 0 fully saturated rings. The zero-order valence-electron chi connectivity index (χ0n) is 43.8. The highest BCUT2D eigenvalue weighted by atomic mass is 15.1. The second kappa shape index (κ2) is 20.3. The number of benzene rings is 11. The molecule has 0 bridgehead atoms. The van der Waals surface area contributed by atoms with Crippen LogP contribution in [-0.4, -0.2) is 19.5 Å². The first kappa shape index (κ1) is 47.7. The molecule has 5 nitrogen and oxygen atoms in total. The van der Waals surface area contributed by atoms with Crippen LogP contribution in [0.1, 0.15) is 26.3 Å². The van der Waals surface area contributed by atoms with Crippen LogP contribution < -0.4 is 4.90 Å². The highest BCUT2D eigenvalue weighted by molar-refractivity contribution is 6.09. The number of anilines is 3. The summed E-state index contributed by atoms with van der Waals surface area (Å²) in [6.07, 6.45) is 0. The van der Waals surface area contributed by atoms with Crippen molar-refractivity contribution in [2.75, 3.05) is 4.90 Å². The largest absolute Gasteiger partial charge is 0.309 e. The van der Waals surface area contributed by atoms with E-state index in [1.54, 1.807) is 0 Å². The fourth-order valence-electron chi connectivity index (χ4n) is 10.8. The van der Waals surface area contributed by atoms with Gasteiger partial charge in [0.15, 0.2) is 17.5 Å². The lowest BCUT2D eigenvalue weighted by Gasteiger charge is -2.32. The standard InChI is InChI=1S/C73H55N5/c1-73(2,3)59-40-42-60(43-41-59)77(61-44-46-62(47-45-61)78-67-30-18-16-28-63(67)64-29-17-19-31-68(64)78)69-65(54-24-12-6-13-25-54)48-58(49-66(69)55-26-14-7-15-27-55)72-75-70(56-36-32-52(33-37-56)50-20-8-4-9-21-50)74-71(76-72)57-38-34-53(35-39-57)51-22-10-5-11-23-51/h4-49H,1-3H3. The molecule has 0 aliphatic rings. The molecule has 11 aromatic carbocycles. The minimum absolute atomic E-state index is 0.0323. The number of nitrogens with zero attached hydrogens (tertiary/aromatic N) is 5. The minimum atomic E-state index is -0.0323. The Morgan fingerprint density at radius 3 is 1.05 bits per heavy atom. The van der Waals surface area contributed by atoms with Crippen LogP contribution >= 0.6 is 0 Å². The van der Waals surface area contributed by atoms with Crippen LogP contribution in [0, 0.1) is 0 Å². The molecule has 13 rings (SSSR count). The first-order valence-corrected chi connectivity index (χ1v) is 26.7. The zero-order valence-corrected chi connectivity index (χ0v) is 43.8. The van der Waals surface area contributed by atoms with E-state index in [9.17, 15) is 0 Å². The van der Waals surface area contributed by atoms with E-state index < -0.39 is 0 Å². The lowest BCUT2D eigenvalue weighted by molar-refractivity contribution is 0.590. The molecule has 0 aliphatic heterocycles. The van der Waals surface area contributed by atoms with E-state index >= 15 is 0 Å². The molecule has 0 saturated heterocycles. The topological polar surface area (TPSA) is 46.8 Å². The van der Waals surface area contributed by atoms with E-state index in [4.69, 9.17) is 15.0 Å². The van der Waals surface area contributed by atoms with Crippen molar-refractivity contribution in [2.24, 2.45) is 0 Å². The Morgan fingerprint density at radius 1 is 0.308 bits per heavy atom. The van der Waals surface area contributed by atoms with Crippen molar-refractivity contribution >= 4 is 38.9 Å². The van der Waals surface area contributed by atoms with E-state index in [2.05, 4.69) is 297 Å². The minimum Gasteiger partial charge on any atom is -0.309 e. The van der Waals surface area contributed by atoms with Gasteiger partial charge in [0.05, 0.1) is 16.7 Å². The zero-order chi connectivity index (χ0) is 52.6. The average Bonchev–Trinajstić information content (AvgIpc) is 3.86. The highest BCUT2D eigenvalue weighted by Crippen LogP contribution is 2.49. The fourth-order valence-corrected chi connectivity index (χ4v) is 10.8. The molecular formula is C73H55N5. The molecule has 0 unspecified atom stereocenters. The Labute approximate surface area is 456 Å². The summed E-state index contributed by atoms with van der Waals surface area (Å²) >= 11 is 0. The van der Waals surface area contributed by atoms with Gasteiger partial charge in [-0.25, -0.2) is 15.0 Å². The van der Waals surface area contributed by atoms with E-state index in [0.29, 0.717) is 17.5 Å². The number of aromatic nitrogens is 4. The third-order valence-corrected chi connectivity index (χ3v) is 14.8. The van der Waals surface area contributed by atoms with Crippen LogP contribution in [0.2, 0.25) is 0 Å². The molecule has 0 N–H and O–H groups in total. The molecule has 13 aromatic rings. The predicted molar refractivity (Wildman–Crippen MR) is 326 cm³/mol. The SMILES string of the molecule is CC(C)(C)c1ccc(N(c2ccc(-n3c4ccccc4c4ccccc43)cc2)c2c(-c3ccccc3)cc(-c3nc(-c4ccc(-c5ccccc5)cc4)nc(-c4ccc(-c5ccccc5)cc4)n3)cc2-c2ccccc2)cc1. The van der Waals surface area contributed by atoms with Crippen LogP contribution in [0.3, 0.4) is 0 Å². The Bertz CT molecular complexity index is 4010. The molecule has 0 radical (unpaired) electrons. The third kappa shape index (κ3) is 9.22. The van der Waals surface area contributed by atoms with Crippen molar-refractivity contribution in [3.63, 3.8) is 0 Å². The first-order chi connectivity index (χ1) is 38.3. The monoisotopic (exact) mass is 1000 g/mol. The van der Waals surface area contributed by atoms with Gasteiger partial charge < -0.3 is 9.47 Å². The predicted octanol–water partition coefficient (Wildman–Crippen LogP) is 19.4. The van der Waals surface area contributed by atoms with Gasteiger partial charge in [0.25, 0.3) is 0 Å². The van der Waals surface area contributed by atoms with Gasteiger partial charge in [-0.15, -0.1) is 0 Å². The number of fused-ring (bicyclic) bond motifs is 3. The second-order valence-corrected chi connectivity index (χ2v) is 20.9. The van der Waals surface area contributed by atoms with Gasteiger partial charge in [-0.2, -0.15) is 0 Å². The Balaban J connectivity index is 1.03. The molecule has 5 heteroatoms. The van der Waals surface area contributed by atoms with Crippen molar-refractivity contribution in [3.05, 3.63) is 285 Å². The Hall–Kier alpha value is -9.97. The number of hydrogen-bond acceptors (Lipinski definition) is 4. The van der Waals surface area contributed by atoms with E-state index in [0.717, 1.165) is 83.9 Å². The summed E-state index contributed by atoms with van der Waals surface area (Å²) < 4.78 is 2.38. The molecular weight excluding hydrogens is 947 g/mol. The summed E-state index contributed by atoms with van der Waals surface area (Å²) in [6, 6.07) is 99.5.